The Kier molecular flexibility index (Phi) is 7.24. The van der Waals surface area contributed by atoms with Crippen molar-refractivity contribution in [2.75, 3.05) is 37.5 Å². The third-order valence-corrected chi connectivity index (χ3v) is 7.07. The van der Waals surface area contributed by atoms with E-state index >= 15 is 0 Å². The van der Waals surface area contributed by atoms with Crippen molar-refractivity contribution in [1.82, 2.24) is 14.9 Å². The summed E-state index contributed by atoms with van der Waals surface area (Å²) < 4.78 is 47.2. The lowest BCUT2D eigenvalue weighted by molar-refractivity contribution is -0.136. The van der Waals surface area contributed by atoms with Crippen LogP contribution in [0, 0.1) is 5.82 Å². The number of nitrogens with zero attached hydrogens (tertiary/aromatic N) is 4. The molecular formula is C25H30F3N5O3. The highest BCUT2D eigenvalue weighted by Gasteiger charge is 2.45. The number of ether oxygens (including phenoxy) is 1. The van der Waals surface area contributed by atoms with E-state index < -0.39 is 35.7 Å². The van der Waals surface area contributed by atoms with Crippen molar-refractivity contribution in [3.63, 3.8) is 0 Å². The summed E-state index contributed by atoms with van der Waals surface area (Å²) in [6, 6.07) is 3.20. The van der Waals surface area contributed by atoms with Gasteiger partial charge in [-0.1, -0.05) is 18.2 Å². The number of aliphatic hydroxyl groups excluding tert-OH is 1. The summed E-state index contributed by atoms with van der Waals surface area (Å²) in [4.78, 5) is 24.0. The number of carbonyl (C=O) groups is 1. The average molecular weight is 506 g/mol. The molecule has 1 aromatic heterocycles. The molecule has 8 nitrogen and oxygen atoms in total. The number of carbonyl (C=O) groups excluding carboxylic acids is 1. The number of rotatable bonds is 6. The van der Waals surface area contributed by atoms with Gasteiger partial charge in [0.2, 0.25) is 5.91 Å². The van der Waals surface area contributed by atoms with Gasteiger partial charge < -0.3 is 25.0 Å². The number of piperidine rings is 1. The van der Waals surface area contributed by atoms with E-state index in [1.807, 2.05) is 0 Å². The molecule has 3 atom stereocenters. The molecular weight excluding hydrogens is 475 g/mol. The lowest BCUT2D eigenvalue weighted by Gasteiger charge is -2.47. The van der Waals surface area contributed by atoms with Crippen LogP contribution < -0.4 is 10.2 Å². The molecule has 1 saturated heterocycles. The minimum absolute atomic E-state index is 0.0753. The molecule has 1 fully saturated rings. The Labute approximate surface area is 207 Å². The predicted molar refractivity (Wildman–Crippen MR) is 129 cm³/mol. The summed E-state index contributed by atoms with van der Waals surface area (Å²) >= 11 is 0. The van der Waals surface area contributed by atoms with Crippen molar-refractivity contribution in [3.05, 3.63) is 52.6 Å². The molecule has 0 spiro atoms. The van der Waals surface area contributed by atoms with E-state index in [1.165, 1.54) is 25.4 Å². The van der Waals surface area contributed by atoms with Gasteiger partial charge in [-0.15, -0.1) is 0 Å². The molecule has 36 heavy (non-hydrogen) atoms. The molecule has 0 radical (unpaired) electrons. The van der Waals surface area contributed by atoms with Gasteiger partial charge in [-0.3, -0.25) is 4.79 Å². The van der Waals surface area contributed by atoms with Gasteiger partial charge in [0.1, 0.15) is 29.4 Å². The zero-order chi connectivity index (χ0) is 26.2. The molecule has 2 N–H and O–H groups in total. The molecule has 2 aliphatic heterocycles. The van der Waals surface area contributed by atoms with Crippen LogP contribution in [0.1, 0.15) is 55.8 Å². The van der Waals surface area contributed by atoms with E-state index in [-0.39, 0.29) is 18.0 Å². The zero-order valence-electron chi connectivity index (χ0n) is 20.6. The number of likely N-dealkylation sites (N-methyl/N-ethyl adjacent to an activating group) is 1. The van der Waals surface area contributed by atoms with Crippen LogP contribution in [0.4, 0.5) is 24.8 Å². The second kappa shape index (κ2) is 10.1. The lowest BCUT2D eigenvalue weighted by atomic mass is 9.81. The summed E-state index contributed by atoms with van der Waals surface area (Å²) in [7, 11) is 3.23. The fourth-order valence-corrected chi connectivity index (χ4v) is 5.00. The van der Waals surface area contributed by atoms with Crippen LogP contribution in [0.15, 0.2) is 30.1 Å². The fourth-order valence-electron chi connectivity index (χ4n) is 5.00. The fraction of sp³-hybridized carbons (Fsp3) is 0.480. The number of aliphatic hydroxyl groups is 1. The van der Waals surface area contributed by atoms with Crippen molar-refractivity contribution in [2.24, 2.45) is 0 Å². The van der Waals surface area contributed by atoms with Crippen LogP contribution in [0.2, 0.25) is 0 Å². The number of amides is 1. The van der Waals surface area contributed by atoms with Gasteiger partial charge >= 0.3 is 0 Å². The Morgan fingerprint density at radius 2 is 2.03 bits per heavy atom. The highest BCUT2D eigenvalue weighted by atomic mass is 19.3. The van der Waals surface area contributed by atoms with E-state index in [0.29, 0.717) is 42.2 Å². The zero-order valence-corrected chi connectivity index (χ0v) is 20.6. The number of hydrogen-bond donors (Lipinski definition) is 2. The number of halogens is 3. The molecule has 0 aliphatic carbocycles. The number of likely N-dealkylation sites (tertiary alicyclic amines) is 1. The summed E-state index contributed by atoms with van der Waals surface area (Å²) in [5.41, 5.74) is -0.432. The maximum absolute atomic E-state index is 14.8. The third-order valence-electron chi connectivity index (χ3n) is 7.07. The topological polar surface area (TPSA) is 90.8 Å². The summed E-state index contributed by atoms with van der Waals surface area (Å²) in [5, 5.41) is 14.3. The minimum Gasteiger partial charge on any atom is -0.372 e. The van der Waals surface area contributed by atoms with Crippen LogP contribution >= 0.6 is 0 Å². The Morgan fingerprint density at radius 3 is 2.69 bits per heavy atom. The van der Waals surface area contributed by atoms with Gasteiger partial charge in [0.05, 0.1) is 23.7 Å². The van der Waals surface area contributed by atoms with E-state index in [1.54, 1.807) is 37.0 Å². The van der Waals surface area contributed by atoms with Crippen molar-refractivity contribution < 1.29 is 27.8 Å². The van der Waals surface area contributed by atoms with E-state index in [4.69, 9.17) is 4.74 Å². The monoisotopic (exact) mass is 505 g/mol. The van der Waals surface area contributed by atoms with Gasteiger partial charge in [0, 0.05) is 38.8 Å². The number of alkyl halides is 2. The Hall–Kier alpha value is -3.18. The largest absolute Gasteiger partial charge is 0.372 e. The van der Waals surface area contributed by atoms with Crippen molar-refractivity contribution >= 4 is 23.6 Å². The maximum atomic E-state index is 14.8. The standard InChI is InChI=1S/C25H30F3N5O3/c1-14(16-7-5-8-17(20(16)26)21(27)28)31-22-18-11-19(24(35)32(3)23(18)30-13-29-22)25(36-4)9-6-10-33(12-25)15(2)34/h5,7-8,11,13-14,21,24,35H,6,9-10,12H2,1-4H3,(H,29,30,31)/t14-,24?,25?/m1/s1. The summed E-state index contributed by atoms with van der Waals surface area (Å²) in [5.74, 6) is -0.272. The smallest absolute Gasteiger partial charge is 0.266 e. The predicted octanol–water partition coefficient (Wildman–Crippen LogP) is 3.91. The van der Waals surface area contributed by atoms with Crippen molar-refractivity contribution in [2.45, 2.75) is 51.0 Å². The van der Waals surface area contributed by atoms with Gasteiger partial charge in [-0.05, 0) is 25.8 Å². The number of methoxy groups -OCH3 is 1. The molecule has 0 bridgehead atoms. The Morgan fingerprint density at radius 1 is 1.31 bits per heavy atom. The van der Waals surface area contributed by atoms with Crippen molar-refractivity contribution in [3.8, 4) is 0 Å². The molecule has 3 heterocycles. The van der Waals surface area contributed by atoms with E-state index in [9.17, 15) is 23.1 Å². The first kappa shape index (κ1) is 25.9. The molecule has 2 aliphatic rings. The van der Waals surface area contributed by atoms with E-state index in [2.05, 4.69) is 15.3 Å². The first-order valence-electron chi connectivity index (χ1n) is 11.7. The van der Waals surface area contributed by atoms with Crippen LogP contribution in [-0.4, -0.2) is 65.0 Å². The van der Waals surface area contributed by atoms with E-state index in [0.717, 1.165) is 6.07 Å². The molecule has 1 aromatic carbocycles. The second-order valence-corrected chi connectivity index (χ2v) is 9.20. The van der Waals surface area contributed by atoms with Gasteiger partial charge in [-0.25, -0.2) is 23.1 Å². The number of anilines is 2. The van der Waals surface area contributed by atoms with Crippen LogP contribution in [0.25, 0.3) is 6.08 Å². The number of fused-ring (bicyclic) bond motifs is 1. The molecule has 2 aromatic rings. The molecule has 2 unspecified atom stereocenters. The molecule has 4 rings (SSSR count). The quantitative estimate of drug-likeness (QED) is 0.615. The number of benzene rings is 1. The SMILES string of the molecule is COC1(C2=Cc3c(N[C@H](C)c4cccc(C(F)F)c4F)ncnc3N(C)C2O)CCCN(C(C)=O)C1. The van der Waals surface area contributed by atoms with Gasteiger partial charge in [-0.2, -0.15) is 0 Å². The molecule has 194 valence electrons. The molecule has 1 amide bonds. The van der Waals surface area contributed by atoms with Crippen molar-refractivity contribution in [1.29, 1.82) is 0 Å². The minimum atomic E-state index is -2.93. The lowest BCUT2D eigenvalue weighted by Crippen LogP contribution is -2.56. The summed E-state index contributed by atoms with van der Waals surface area (Å²) in [6.45, 7) is 4.03. The Balaban J connectivity index is 1.74. The summed E-state index contributed by atoms with van der Waals surface area (Å²) in [6.07, 6.45) is 0.351. The highest BCUT2D eigenvalue weighted by molar-refractivity contribution is 5.80. The number of hydrogen-bond acceptors (Lipinski definition) is 7. The first-order chi connectivity index (χ1) is 17.1. The molecule has 11 heteroatoms. The van der Waals surface area contributed by atoms with Gasteiger partial charge in [0.25, 0.3) is 6.43 Å². The Bertz CT molecular complexity index is 1180. The van der Waals surface area contributed by atoms with Crippen LogP contribution in [0.5, 0.6) is 0 Å². The normalized spacial score (nSPS) is 22.8. The van der Waals surface area contributed by atoms with Crippen LogP contribution in [-0.2, 0) is 9.53 Å². The molecule has 0 saturated carbocycles. The second-order valence-electron chi connectivity index (χ2n) is 9.20. The number of nitrogens with one attached hydrogen (secondary N) is 1. The highest BCUT2D eigenvalue weighted by Crippen LogP contribution is 2.42. The number of aromatic nitrogens is 2. The first-order valence-corrected chi connectivity index (χ1v) is 11.7. The third kappa shape index (κ3) is 4.53. The average Bonchev–Trinajstić information content (AvgIpc) is 2.86. The van der Waals surface area contributed by atoms with Crippen LogP contribution in [0.3, 0.4) is 0 Å². The van der Waals surface area contributed by atoms with Gasteiger partial charge in [0.15, 0.2) is 6.23 Å². The maximum Gasteiger partial charge on any atom is 0.266 e.